The van der Waals surface area contributed by atoms with Crippen LogP contribution in [-0.4, -0.2) is 9.97 Å². The second-order valence-corrected chi connectivity index (χ2v) is 4.31. The van der Waals surface area contributed by atoms with Gasteiger partial charge in [-0.1, -0.05) is 0 Å². The fourth-order valence-corrected chi connectivity index (χ4v) is 1.81. The van der Waals surface area contributed by atoms with E-state index in [1.54, 1.807) is 0 Å². The van der Waals surface area contributed by atoms with E-state index in [9.17, 15) is 0 Å². The predicted octanol–water partition coefficient (Wildman–Crippen LogP) is 3.40. The quantitative estimate of drug-likeness (QED) is 0.791. The number of aryl methyl sites for hydroxylation is 1. The minimum Gasteiger partial charge on any atom is -0.342 e. The minimum atomic E-state index is 0.940. The van der Waals surface area contributed by atoms with Crippen LogP contribution in [-0.2, 0) is 0 Å². The Bertz CT molecular complexity index is 395. The highest BCUT2D eigenvalue weighted by Gasteiger charge is 2.02. The Labute approximate surface area is 86.6 Å². The first kappa shape index (κ1) is 8.26. The second kappa shape index (κ2) is 2.85. The number of aromatic amines is 1. The van der Waals surface area contributed by atoms with E-state index in [0.29, 0.717) is 0 Å². The zero-order chi connectivity index (χ0) is 8.72. The summed E-state index contributed by atoms with van der Waals surface area (Å²) < 4.78 is 2.07. The molecule has 0 saturated heterocycles. The van der Waals surface area contributed by atoms with Crippen LogP contribution >= 0.6 is 31.9 Å². The van der Waals surface area contributed by atoms with Gasteiger partial charge in [0, 0.05) is 8.95 Å². The number of benzene rings is 1. The van der Waals surface area contributed by atoms with E-state index in [1.165, 1.54) is 0 Å². The van der Waals surface area contributed by atoms with Crippen molar-refractivity contribution in [2.45, 2.75) is 6.92 Å². The van der Waals surface area contributed by atoms with Gasteiger partial charge < -0.3 is 4.98 Å². The van der Waals surface area contributed by atoms with Gasteiger partial charge in [-0.2, -0.15) is 0 Å². The van der Waals surface area contributed by atoms with Crippen molar-refractivity contribution < 1.29 is 0 Å². The molecule has 1 aromatic heterocycles. The van der Waals surface area contributed by atoms with Crippen LogP contribution in [0.4, 0.5) is 0 Å². The molecule has 0 amide bonds. The Balaban J connectivity index is 2.83. The summed E-state index contributed by atoms with van der Waals surface area (Å²) in [6.45, 7) is 1.95. The van der Waals surface area contributed by atoms with Gasteiger partial charge in [0.2, 0.25) is 0 Å². The molecule has 0 unspecified atom stereocenters. The van der Waals surface area contributed by atoms with E-state index >= 15 is 0 Å². The Hall–Kier alpha value is -0.350. The number of nitrogens with zero attached hydrogens (tertiary/aromatic N) is 1. The highest BCUT2D eigenvalue weighted by atomic mass is 79.9. The first-order valence-corrected chi connectivity index (χ1v) is 5.07. The minimum absolute atomic E-state index is 0.940. The van der Waals surface area contributed by atoms with Gasteiger partial charge in [0.15, 0.2) is 0 Å². The Kier molecular flexibility index (Phi) is 1.96. The summed E-state index contributed by atoms with van der Waals surface area (Å²) in [4.78, 5) is 7.47. The molecule has 62 valence electrons. The smallest absolute Gasteiger partial charge is 0.104 e. The topological polar surface area (TPSA) is 28.7 Å². The lowest BCUT2D eigenvalue weighted by molar-refractivity contribution is 1.17. The molecule has 0 fully saturated rings. The molecule has 0 aliphatic heterocycles. The highest BCUT2D eigenvalue weighted by Crippen LogP contribution is 2.27. The van der Waals surface area contributed by atoms with Crippen molar-refractivity contribution in [2.24, 2.45) is 0 Å². The summed E-state index contributed by atoms with van der Waals surface area (Å²) in [6, 6.07) is 4.00. The van der Waals surface area contributed by atoms with Crippen molar-refractivity contribution in [3.05, 3.63) is 26.9 Å². The molecule has 1 N–H and O–H groups in total. The molecular formula is C8H6Br2N2. The highest BCUT2D eigenvalue weighted by molar-refractivity contribution is 9.13. The molecule has 4 heteroatoms. The Morgan fingerprint density at radius 1 is 1.25 bits per heavy atom. The molecule has 0 spiro atoms. The number of imidazole rings is 1. The van der Waals surface area contributed by atoms with Crippen LogP contribution in [0.2, 0.25) is 0 Å². The molecule has 2 aromatic rings. The van der Waals surface area contributed by atoms with Gasteiger partial charge in [0.05, 0.1) is 11.0 Å². The van der Waals surface area contributed by atoms with Gasteiger partial charge in [-0.05, 0) is 50.9 Å². The molecule has 1 aromatic carbocycles. The number of hydrogen-bond acceptors (Lipinski definition) is 1. The van der Waals surface area contributed by atoms with Gasteiger partial charge in [-0.3, -0.25) is 0 Å². The maximum Gasteiger partial charge on any atom is 0.104 e. The summed E-state index contributed by atoms with van der Waals surface area (Å²) >= 11 is 6.86. The average Bonchev–Trinajstić information content (AvgIpc) is 2.30. The van der Waals surface area contributed by atoms with Crippen LogP contribution < -0.4 is 0 Å². The van der Waals surface area contributed by atoms with Crippen LogP contribution in [0.25, 0.3) is 11.0 Å². The zero-order valence-electron chi connectivity index (χ0n) is 6.36. The summed E-state index contributed by atoms with van der Waals surface area (Å²) in [7, 11) is 0. The molecule has 0 atom stereocenters. The lowest BCUT2D eigenvalue weighted by Gasteiger charge is -1.93. The molecule has 0 radical (unpaired) electrons. The lowest BCUT2D eigenvalue weighted by atomic mass is 10.3. The zero-order valence-corrected chi connectivity index (χ0v) is 9.53. The maximum absolute atomic E-state index is 4.31. The van der Waals surface area contributed by atoms with Crippen molar-refractivity contribution in [3.8, 4) is 0 Å². The van der Waals surface area contributed by atoms with Crippen molar-refractivity contribution in [1.29, 1.82) is 0 Å². The van der Waals surface area contributed by atoms with Crippen molar-refractivity contribution in [2.75, 3.05) is 0 Å². The van der Waals surface area contributed by atoms with Crippen molar-refractivity contribution in [3.63, 3.8) is 0 Å². The lowest BCUT2D eigenvalue weighted by Crippen LogP contribution is -1.71. The molecular weight excluding hydrogens is 284 g/mol. The van der Waals surface area contributed by atoms with Crippen LogP contribution in [0.3, 0.4) is 0 Å². The molecule has 12 heavy (non-hydrogen) atoms. The largest absolute Gasteiger partial charge is 0.342 e. The van der Waals surface area contributed by atoms with E-state index in [-0.39, 0.29) is 0 Å². The summed E-state index contributed by atoms with van der Waals surface area (Å²) in [5, 5.41) is 0. The van der Waals surface area contributed by atoms with E-state index in [0.717, 1.165) is 25.8 Å². The first-order chi connectivity index (χ1) is 5.66. The van der Waals surface area contributed by atoms with Crippen molar-refractivity contribution >= 4 is 42.9 Å². The fourth-order valence-electron chi connectivity index (χ4n) is 1.13. The predicted molar refractivity (Wildman–Crippen MR) is 56.2 cm³/mol. The summed E-state index contributed by atoms with van der Waals surface area (Å²) in [5.74, 6) is 0.940. The van der Waals surface area contributed by atoms with E-state index in [1.807, 2.05) is 19.1 Å². The number of halogens is 2. The van der Waals surface area contributed by atoms with Gasteiger partial charge in [0.1, 0.15) is 5.82 Å². The third-order valence-corrected chi connectivity index (χ3v) is 3.49. The number of H-pyrrole nitrogens is 1. The normalized spacial score (nSPS) is 10.9. The van der Waals surface area contributed by atoms with Gasteiger partial charge in [-0.15, -0.1) is 0 Å². The van der Waals surface area contributed by atoms with E-state index < -0.39 is 0 Å². The van der Waals surface area contributed by atoms with E-state index in [2.05, 4.69) is 41.8 Å². The molecule has 0 aliphatic carbocycles. The van der Waals surface area contributed by atoms with E-state index in [4.69, 9.17) is 0 Å². The SMILES string of the molecule is Cc1nc2cc(Br)c(Br)cc2[nH]1. The number of hydrogen-bond donors (Lipinski definition) is 1. The first-order valence-electron chi connectivity index (χ1n) is 3.48. The van der Waals surface area contributed by atoms with Gasteiger partial charge in [-0.25, -0.2) is 4.98 Å². The third kappa shape index (κ3) is 1.29. The summed E-state index contributed by atoms with van der Waals surface area (Å²) in [6.07, 6.45) is 0. The molecule has 0 aliphatic rings. The van der Waals surface area contributed by atoms with Gasteiger partial charge in [0.25, 0.3) is 0 Å². The molecule has 0 bridgehead atoms. The monoisotopic (exact) mass is 288 g/mol. The number of rotatable bonds is 0. The van der Waals surface area contributed by atoms with Crippen molar-refractivity contribution in [1.82, 2.24) is 9.97 Å². The number of fused-ring (bicyclic) bond motifs is 1. The number of nitrogens with one attached hydrogen (secondary N) is 1. The van der Waals surface area contributed by atoms with Gasteiger partial charge >= 0.3 is 0 Å². The maximum atomic E-state index is 4.31. The third-order valence-electron chi connectivity index (χ3n) is 1.64. The van der Waals surface area contributed by atoms with Crippen LogP contribution in [0, 0.1) is 6.92 Å². The standard InChI is InChI=1S/C8H6Br2N2/c1-4-11-7-2-5(9)6(10)3-8(7)12-4/h2-3H,1H3,(H,11,12). The molecule has 0 saturated carbocycles. The van der Waals surface area contributed by atoms with Crippen LogP contribution in [0.1, 0.15) is 5.82 Å². The molecule has 1 heterocycles. The van der Waals surface area contributed by atoms with Crippen LogP contribution in [0.5, 0.6) is 0 Å². The Morgan fingerprint density at radius 2 is 1.92 bits per heavy atom. The van der Waals surface area contributed by atoms with Crippen LogP contribution in [0.15, 0.2) is 21.1 Å². The fraction of sp³-hybridized carbons (Fsp3) is 0.125. The molecule has 2 nitrogen and oxygen atoms in total. The second-order valence-electron chi connectivity index (χ2n) is 2.61. The summed E-state index contributed by atoms with van der Waals surface area (Å²) in [5.41, 5.74) is 2.05. The molecule has 2 rings (SSSR count). The average molecular weight is 290 g/mol. The Morgan fingerprint density at radius 3 is 2.67 bits per heavy atom. The number of aromatic nitrogens is 2.